The molecule has 0 aliphatic heterocycles. The third-order valence-corrected chi connectivity index (χ3v) is 3.65. The molecule has 6 heteroatoms. The van der Waals surface area contributed by atoms with Gasteiger partial charge in [0.1, 0.15) is 5.75 Å². The van der Waals surface area contributed by atoms with E-state index in [1.54, 1.807) is 0 Å². The number of benzene rings is 1. The van der Waals surface area contributed by atoms with Crippen molar-refractivity contribution >= 4 is 17.6 Å². The van der Waals surface area contributed by atoms with Gasteiger partial charge in [0.05, 0.1) is 23.9 Å². The van der Waals surface area contributed by atoms with Crippen molar-refractivity contribution in [3.63, 3.8) is 0 Å². The van der Waals surface area contributed by atoms with Crippen LogP contribution >= 0.6 is 0 Å². The molecule has 0 saturated heterocycles. The molecule has 0 unspecified atom stereocenters. The van der Waals surface area contributed by atoms with Crippen LogP contribution in [0.3, 0.4) is 0 Å². The topological polar surface area (TPSA) is 102 Å². The van der Waals surface area contributed by atoms with Crippen molar-refractivity contribution in [3.8, 4) is 5.75 Å². The predicted molar refractivity (Wildman–Crippen MR) is 74.0 cm³/mol. The van der Waals surface area contributed by atoms with E-state index in [1.165, 1.54) is 25.3 Å². The molecule has 0 aromatic heterocycles. The Morgan fingerprint density at radius 3 is 2.55 bits per heavy atom. The molecule has 0 radical (unpaired) electrons. The fraction of sp³-hybridized carbons (Fsp3) is 0.429. The van der Waals surface area contributed by atoms with Gasteiger partial charge in [-0.25, -0.2) is 4.79 Å². The number of carbonyl (C=O) groups is 2. The minimum atomic E-state index is -1.11. The molecule has 1 fully saturated rings. The third-order valence-electron chi connectivity index (χ3n) is 3.65. The monoisotopic (exact) mass is 278 g/mol. The average molecular weight is 278 g/mol. The average Bonchev–Trinajstić information content (AvgIpc) is 2.86. The molecular weight excluding hydrogens is 260 g/mol. The van der Waals surface area contributed by atoms with Crippen molar-refractivity contribution < 1.29 is 19.4 Å². The Kier molecular flexibility index (Phi) is 3.94. The molecule has 1 aromatic rings. The van der Waals surface area contributed by atoms with Crippen LogP contribution in [-0.4, -0.2) is 29.6 Å². The van der Waals surface area contributed by atoms with E-state index >= 15 is 0 Å². The number of carboxylic acid groups (broad SMARTS) is 1. The first-order valence-corrected chi connectivity index (χ1v) is 6.48. The Bertz CT molecular complexity index is 536. The summed E-state index contributed by atoms with van der Waals surface area (Å²) in [6, 6.07) is 4.42. The second kappa shape index (κ2) is 5.50. The molecule has 1 aliphatic rings. The molecule has 1 amide bonds. The summed E-state index contributed by atoms with van der Waals surface area (Å²) in [5.41, 5.74) is 5.37. The standard InChI is InChI=1S/C14H18N2O4/c1-20-9-4-5-10(12(17)18)11(8-9)16-13(19)14(15)6-2-3-7-14/h4-5,8H,2-3,6-7,15H2,1H3,(H,16,19)(H,17,18). The predicted octanol–water partition coefficient (Wildman–Crippen LogP) is 1.60. The Balaban J connectivity index is 2.27. The summed E-state index contributed by atoms with van der Waals surface area (Å²) in [5.74, 6) is -0.978. The van der Waals surface area contributed by atoms with E-state index in [2.05, 4.69) is 5.32 Å². The van der Waals surface area contributed by atoms with Gasteiger partial charge in [-0.05, 0) is 25.0 Å². The zero-order valence-corrected chi connectivity index (χ0v) is 11.3. The van der Waals surface area contributed by atoms with E-state index in [-0.39, 0.29) is 17.2 Å². The number of carboxylic acids is 1. The number of carbonyl (C=O) groups excluding carboxylic acids is 1. The molecule has 108 valence electrons. The van der Waals surface area contributed by atoms with Gasteiger partial charge in [-0.3, -0.25) is 4.79 Å². The summed E-state index contributed by atoms with van der Waals surface area (Å²) in [6.45, 7) is 0. The number of amides is 1. The molecule has 1 aromatic carbocycles. The molecule has 1 saturated carbocycles. The number of anilines is 1. The van der Waals surface area contributed by atoms with E-state index in [4.69, 9.17) is 15.6 Å². The quantitative estimate of drug-likeness (QED) is 0.776. The van der Waals surface area contributed by atoms with Crippen molar-refractivity contribution in [2.45, 2.75) is 31.2 Å². The van der Waals surface area contributed by atoms with Gasteiger partial charge in [0.15, 0.2) is 0 Å². The van der Waals surface area contributed by atoms with Crippen LogP contribution in [0, 0.1) is 0 Å². The van der Waals surface area contributed by atoms with E-state index in [0.717, 1.165) is 12.8 Å². The fourth-order valence-corrected chi connectivity index (χ4v) is 2.42. The summed E-state index contributed by atoms with van der Waals surface area (Å²) >= 11 is 0. The summed E-state index contributed by atoms with van der Waals surface area (Å²) < 4.78 is 5.05. The van der Waals surface area contributed by atoms with Gasteiger partial charge in [0, 0.05) is 6.07 Å². The third kappa shape index (κ3) is 2.75. The van der Waals surface area contributed by atoms with E-state index in [0.29, 0.717) is 18.6 Å². The van der Waals surface area contributed by atoms with Gasteiger partial charge in [-0.1, -0.05) is 12.8 Å². The van der Waals surface area contributed by atoms with E-state index in [9.17, 15) is 9.59 Å². The lowest BCUT2D eigenvalue weighted by Gasteiger charge is -2.23. The largest absolute Gasteiger partial charge is 0.497 e. The van der Waals surface area contributed by atoms with Gasteiger partial charge in [-0.15, -0.1) is 0 Å². The van der Waals surface area contributed by atoms with Gasteiger partial charge in [-0.2, -0.15) is 0 Å². The second-order valence-corrected chi connectivity index (χ2v) is 5.03. The van der Waals surface area contributed by atoms with Gasteiger partial charge >= 0.3 is 5.97 Å². The maximum atomic E-state index is 12.2. The Hall–Kier alpha value is -2.08. The summed E-state index contributed by atoms with van der Waals surface area (Å²) in [7, 11) is 1.47. The van der Waals surface area contributed by atoms with Crippen LogP contribution in [0.5, 0.6) is 5.75 Å². The number of methoxy groups -OCH3 is 1. The highest BCUT2D eigenvalue weighted by atomic mass is 16.5. The first-order chi connectivity index (χ1) is 9.46. The summed E-state index contributed by atoms with van der Waals surface area (Å²) in [5, 5.41) is 11.8. The molecule has 0 heterocycles. The Labute approximate surface area is 116 Å². The van der Waals surface area contributed by atoms with Gasteiger partial charge in [0.25, 0.3) is 0 Å². The molecule has 4 N–H and O–H groups in total. The lowest BCUT2D eigenvalue weighted by Crippen LogP contribution is -2.48. The molecule has 0 spiro atoms. The number of ether oxygens (including phenoxy) is 1. The molecule has 2 rings (SSSR count). The SMILES string of the molecule is COc1ccc(C(=O)O)c(NC(=O)C2(N)CCCC2)c1. The highest BCUT2D eigenvalue weighted by molar-refractivity contribution is 6.04. The van der Waals surface area contributed by atoms with Crippen molar-refractivity contribution in [1.82, 2.24) is 0 Å². The van der Waals surface area contributed by atoms with Crippen LogP contribution in [0.15, 0.2) is 18.2 Å². The number of hydrogen-bond donors (Lipinski definition) is 3. The van der Waals surface area contributed by atoms with Crippen LogP contribution in [0.4, 0.5) is 5.69 Å². The Morgan fingerprint density at radius 1 is 1.35 bits per heavy atom. The molecule has 0 bridgehead atoms. The molecule has 6 nitrogen and oxygen atoms in total. The van der Waals surface area contributed by atoms with Crippen molar-refractivity contribution in [2.75, 3.05) is 12.4 Å². The lowest BCUT2D eigenvalue weighted by atomic mass is 9.97. The first-order valence-electron chi connectivity index (χ1n) is 6.48. The van der Waals surface area contributed by atoms with Crippen molar-refractivity contribution in [3.05, 3.63) is 23.8 Å². The summed E-state index contributed by atoms with van der Waals surface area (Å²) in [4.78, 5) is 23.4. The van der Waals surface area contributed by atoms with Crippen LogP contribution < -0.4 is 15.8 Å². The molecule has 0 atom stereocenters. The smallest absolute Gasteiger partial charge is 0.337 e. The molecule has 1 aliphatic carbocycles. The highest BCUT2D eigenvalue weighted by Gasteiger charge is 2.37. The zero-order valence-electron chi connectivity index (χ0n) is 11.3. The highest BCUT2D eigenvalue weighted by Crippen LogP contribution is 2.30. The minimum absolute atomic E-state index is 0.0146. The van der Waals surface area contributed by atoms with Crippen LogP contribution in [0.25, 0.3) is 0 Å². The number of nitrogens with two attached hydrogens (primary N) is 1. The number of nitrogens with one attached hydrogen (secondary N) is 1. The summed E-state index contributed by atoms with van der Waals surface area (Å²) in [6.07, 6.45) is 3.05. The van der Waals surface area contributed by atoms with Crippen LogP contribution in [0.1, 0.15) is 36.0 Å². The van der Waals surface area contributed by atoms with Crippen molar-refractivity contribution in [2.24, 2.45) is 5.73 Å². The zero-order chi connectivity index (χ0) is 14.8. The second-order valence-electron chi connectivity index (χ2n) is 5.03. The maximum absolute atomic E-state index is 12.2. The Morgan fingerprint density at radius 2 is 2.00 bits per heavy atom. The van der Waals surface area contributed by atoms with E-state index in [1.807, 2.05) is 0 Å². The lowest BCUT2D eigenvalue weighted by molar-refractivity contribution is -0.121. The number of rotatable bonds is 4. The van der Waals surface area contributed by atoms with Gasteiger partial charge in [0.2, 0.25) is 5.91 Å². The van der Waals surface area contributed by atoms with Crippen molar-refractivity contribution in [1.29, 1.82) is 0 Å². The molecule has 20 heavy (non-hydrogen) atoms. The minimum Gasteiger partial charge on any atom is -0.497 e. The van der Waals surface area contributed by atoms with Crippen LogP contribution in [0.2, 0.25) is 0 Å². The first kappa shape index (κ1) is 14.3. The van der Waals surface area contributed by atoms with E-state index < -0.39 is 11.5 Å². The normalized spacial score (nSPS) is 16.7. The number of aromatic carboxylic acids is 1. The maximum Gasteiger partial charge on any atom is 0.337 e. The van der Waals surface area contributed by atoms with Gasteiger partial charge < -0.3 is 20.9 Å². The number of hydrogen-bond acceptors (Lipinski definition) is 4. The van der Waals surface area contributed by atoms with Crippen LogP contribution in [-0.2, 0) is 4.79 Å². The fourth-order valence-electron chi connectivity index (χ4n) is 2.42. The molecular formula is C14H18N2O4.